The van der Waals surface area contributed by atoms with Crippen LogP contribution in [-0.2, 0) is 11.3 Å². The highest BCUT2D eigenvalue weighted by atomic mass is 35.5. The number of hydrogen-bond acceptors (Lipinski definition) is 7. The summed E-state index contributed by atoms with van der Waals surface area (Å²) in [5.74, 6) is 2.15. The Labute approximate surface area is 191 Å². The molecule has 2 N–H and O–H groups in total. The van der Waals surface area contributed by atoms with Gasteiger partial charge in [0.05, 0.1) is 18.1 Å². The van der Waals surface area contributed by atoms with E-state index in [0.717, 1.165) is 47.1 Å². The summed E-state index contributed by atoms with van der Waals surface area (Å²) < 4.78 is 7.26. The molecule has 0 unspecified atom stereocenters. The lowest BCUT2D eigenvalue weighted by Gasteiger charge is -2.10. The molecule has 0 saturated heterocycles. The number of carbonyl (C=O) groups excluding carboxylic acids is 1. The van der Waals surface area contributed by atoms with E-state index in [9.17, 15) is 4.79 Å². The summed E-state index contributed by atoms with van der Waals surface area (Å²) in [6.07, 6.45) is 3.82. The number of hydrogen-bond donors (Lipinski definition) is 2. The van der Waals surface area contributed by atoms with Gasteiger partial charge in [-0.1, -0.05) is 37.2 Å². The molecule has 2 heterocycles. The van der Waals surface area contributed by atoms with Crippen LogP contribution in [0.2, 0.25) is 5.02 Å². The van der Waals surface area contributed by atoms with Gasteiger partial charge in [-0.05, 0) is 37.1 Å². The van der Waals surface area contributed by atoms with Crippen molar-refractivity contribution in [1.29, 1.82) is 0 Å². The first kappa shape index (κ1) is 23.1. The van der Waals surface area contributed by atoms with Gasteiger partial charge in [0.15, 0.2) is 17.4 Å². The zero-order chi connectivity index (χ0) is 22.1. The SMILES string of the molecule is CCCNc1nc(SCCC)nc2c1cnn2CCNC(=O)COc1ccc(Cl)cc1. The molecule has 0 saturated carbocycles. The minimum Gasteiger partial charge on any atom is -0.484 e. The summed E-state index contributed by atoms with van der Waals surface area (Å²) in [5, 5.41) is 12.9. The average molecular weight is 463 g/mol. The number of carbonyl (C=O) groups is 1. The smallest absolute Gasteiger partial charge is 0.258 e. The third-order valence-corrected chi connectivity index (χ3v) is 5.59. The Morgan fingerprint density at radius 2 is 1.97 bits per heavy atom. The van der Waals surface area contributed by atoms with Crippen LogP contribution >= 0.6 is 23.4 Å². The first-order valence-corrected chi connectivity index (χ1v) is 11.7. The maximum Gasteiger partial charge on any atom is 0.258 e. The molecule has 0 aliphatic rings. The van der Waals surface area contributed by atoms with Crippen LogP contribution in [-0.4, -0.2) is 51.1 Å². The number of fused-ring (bicyclic) bond motifs is 1. The lowest BCUT2D eigenvalue weighted by Crippen LogP contribution is -2.31. The summed E-state index contributed by atoms with van der Waals surface area (Å²) >= 11 is 7.48. The van der Waals surface area contributed by atoms with Crippen molar-refractivity contribution in [2.75, 3.05) is 30.8 Å². The molecule has 0 aliphatic heterocycles. The summed E-state index contributed by atoms with van der Waals surface area (Å²) in [7, 11) is 0. The summed E-state index contributed by atoms with van der Waals surface area (Å²) in [6, 6.07) is 6.89. The fourth-order valence-electron chi connectivity index (χ4n) is 2.77. The van der Waals surface area contributed by atoms with Crippen LogP contribution in [0.1, 0.15) is 26.7 Å². The highest BCUT2D eigenvalue weighted by Crippen LogP contribution is 2.24. The number of aromatic nitrogens is 4. The second-order valence-electron chi connectivity index (χ2n) is 6.83. The van der Waals surface area contributed by atoms with E-state index in [1.54, 1.807) is 46.9 Å². The van der Waals surface area contributed by atoms with Crippen molar-refractivity contribution in [3.05, 3.63) is 35.5 Å². The number of amides is 1. The number of nitrogens with one attached hydrogen (secondary N) is 2. The average Bonchev–Trinajstić information content (AvgIpc) is 3.18. The monoisotopic (exact) mass is 462 g/mol. The van der Waals surface area contributed by atoms with E-state index in [1.807, 2.05) is 0 Å². The summed E-state index contributed by atoms with van der Waals surface area (Å²) in [5.41, 5.74) is 0.763. The van der Waals surface area contributed by atoms with Crippen LogP contribution in [0.25, 0.3) is 11.0 Å². The molecule has 8 nitrogen and oxygen atoms in total. The molecule has 1 aromatic carbocycles. The lowest BCUT2D eigenvalue weighted by atomic mass is 10.3. The van der Waals surface area contributed by atoms with Gasteiger partial charge in [-0.15, -0.1) is 0 Å². The van der Waals surface area contributed by atoms with Crippen molar-refractivity contribution in [1.82, 2.24) is 25.1 Å². The van der Waals surface area contributed by atoms with Crippen molar-refractivity contribution in [2.45, 2.75) is 38.4 Å². The summed E-state index contributed by atoms with van der Waals surface area (Å²) in [6.45, 7) is 5.93. The lowest BCUT2D eigenvalue weighted by molar-refractivity contribution is -0.123. The third-order valence-electron chi connectivity index (χ3n) is 4.28. The molecule has 0 aliphatic carbocycles. The van der Waals surface area contributed by atoms with E-state index < -0.39 is 0 Å². The van der Waals surface area contributed by atoms with Crippen molar-refractivity contribution < 1.29 is 9.53 Å². The Bertz CT molecular complexity index is 995. The van der Waals surface area contributed by atoms with Gasteiger partial charge in [0.1, 0.15) is 11.6 Å². The second-order valence-corrected chi connectivity index (χ2v) is 8.33. The molecule has 0 bridgehead atoms. The minimum atomic E-state index is -0.203. The number of ether oxygens (including phenoxy) is 1. The molecule has 0 fully saturated rings. The Morgan fingerprint density at radius 3 is 2.71 bits per heavy atom. The van der Waals surface area contributed by atoms with Crippen LogP contribution in [0.15, 0.2) is 35.6 Å². The van der Waals surface area contributed by atoms with Gasteiger partial charge in [-0.2, -0.15) is 5.10 Å². The highest BCUT2D eigenvalue weighted by molar-refractivity contribution is 7.99. The van der Waals surface area contributed by atoms with Crippen LogP contribution in [0.4, 0.5) is 5.82 Å². The predicted octanol–water partition coefficient (Wildman–Crippen LogP) is 4.00. The van der Waals surface area contributed by atoms with Gasteiger partial charge in [0, 0.05) is 23.9 Å². The molecular formula is C21H27ClN6O2S. The first-order valence-electron chi connectivity index (χ1n) is 10.4. The van der Waals surface area contributed by atoms with Gasteiger partial charge < -0.3 is 15.4 Å². The molecule has 0 atom stereocenters. The van der Waals surface area contributed by atoms with Gasteiger partial charge in [-0.25, -0.2) is 14.6 Å². The van der Waals surface area contributed by atoms with E-state index in [4.69, 9.17) is 16.3 Å². The van der Waals surface area contributed by atoms with E-state index >= 15 is 0 Å². The quantitative estimate of drug-likeness (QED) is 0.310. The van der Waals surface area contributed by atoms with Crippen LogP contribution in [0.5, 0.6) is 5.75 Å². The second kappa shape index (κ2) is 11.8. The molecule has 2 aromatic heterocycles. The van der Waals surface area contributed by atoms with Gasteiger partial charge in [0.25, 0.3) is 5.91 Å². The molecule has 0 spiro atoms. The fraction of sp³-hybridized carbons (Fsp3) is 0.429. The number of benzene rings is 1. The van der Waals surface area contributed by atoms with Crippen LogP contribution in [0.3, 0.4) is 0 Å². The first-order chi connectivity index (χ1) is 15.1. The van der Waals surface area contributed by atoms with Gasteiger partial charge in [-0.3, -0.25) is 4.79 Å². The molecule has 166 valence electrons. The number of nitrogens with zero attached hydrogens (tertiary/aromatic N) is 4. The van der Waals surface area contributed by atoms with E-state index in [-0.39, 0.29) is 12.5 Å². The third kappa shape index (κ3) is 6.73. The Hall–Kier alpha value is -2.52. The minimum absolute atomic E-state index is 0.0629. The number of thioether (sulfide) groups is 1. The van der Waals surface area contributed by atoms with Crippen LogP contribution in [0, 0.1) is 0 Å². The highest BCUT2D eigenvalue weighted by Gasteiger charge is 2.13. The van der Waals surface area contributed by atoms with E-state index in [1.165, 1.54) is 0 Å². The topological polar surface area (TPSA) is 94.0 Å². The maximum atomic E-state index is 12.1. The van der Waals surface area contributed by atoms with E-state index in [0.29, 0.717) is 23.9 Å². The number of halogens is 1. The van der Waals surface area contributed by atoms with Crippen molar-refractivity contribution >= 4 is 46.1 Å². The molecule has 1 amide bonds. The predicted molar refractivity (Wildman–Crippen MR) is 125 cm³/mol. The number of rotatable bonds is 12. The Balaban J connectivity index is 1.59. The Morgan fingerprint density at radius 1 is 1.16 bits per heavy atom. The Kier molecular flexibility index (Phi) is 8.78. The van der Waals surface area contributed by atoms with Crippen molar-refractivity contribution in [3.8, 4) is 5.75 Å². The fourth-order valence-corrected chi connectivity index (χ4v) is 3.59. The molecule has 31 heavy (non-hydrogen) atoms. The normalized spacial score (nSPS) is 10.9. The molecular weight excluding hydrogens is 436 g/mol. The zero-order valence-electron chi connectivity index (χ0n) is 17.7. The van der Waals surface area contributed by atoms with Crippen molar-refractivity contribution in [3.63, 3.8) is 0 Å². The maximum absolute atomic E-state index is 12.1. The standard InChI is InChI=1S/C21H27ClN6O2S/c1-3-9-24-19-17-13-25-28(20(17)27-21(26-19)31-12-4-2)11-10-23-18(29)14-30-16-7-5-15(22)6-8-16/h5-8,13H,3-4,9-12,14H2,1-2H3,(H,23,29)(H,24,26,27). The summed E-state index contributed by atoms with van der Waals surface area (Å²) in [4.78, 5) is 21.4. The zero-order valence-corrected chi connectivity index (χ0v) is 19.3. The number of anilines is 1. The van der Waals surface area contributed by atoms with Gasteiger partial charge in [0.2, 0.25) is 0 Å². The molecule has 0 radical (unpaired) electrons. The van der Waals surface area contributed by atoms with E-state index in [2.05, 4.69) is 39.5 Å². The van der Waals surface area contributed by atoms with Gasteiger partial charge >= 0.3 is 0 Å². The largest absolute Gasteiger partial charge is 0.484 e. The van der Waals surface area contributed by atoms with Crippen molar-refractivity contribution in [2.24, 2.45) is 0 Å². The molecule has 3 rings (SSSR count). The molecule has 3 aromatic rings. The van der Waals surface area contributed by atoms with Crippen LogP contribution < -0.4 is 15.4 Å². The molecule has 10 heteroatoms.